The maximum absolute atomic E-state index is 13.0. The molecule has 1 aliphatic rings. The smallest absolute Gasteiger partial charge is 0.319 e. The number of thiophene rings is 1. The number of benzene rings is 1. The van der Waals surface area contributed by atoms with Gasteiger partial charge in [-0.15, -0.1) is 11.3 Å². The fourth-order valence-electron chi connectivity index (χ4n) is 3.37. The highest BCUT2D eigenvalue weighted by Gasteiger charge is 2.49. The van der Waals surface area contributed by atoms with Gasteiger partial charge >= 0.3 is 6.03 Å². The maximum atomic E-state index is 13.0. The molecule has 3 rings (SSSR count). The van der Waals surface area contributed by atoms with Crippen molar-refractivity contribution in [2.75, 3.05) is 6.54 Å². The third kappa shape index (κ3) is 3.41. The molecule has 27 heavy (non-hydrogen) atoms. The van der Waals surface area contributed by atoms with Gasteiger partial charge in [0.2, 0.25) is 0 Å². The van der Waals surface area contributed by atoms with Crippen molar-refractivity contribution < 1.29 is 14.4 Å². The van der Waals surface area contributed by atoms with E-state index < -0.39 is 17.5 Å². The van der Waals surface area contributed by atoms with Crippen molar-refractivity contribution in [3.63, 3.8) is 0 Å². The van der Waals surface area contributed by atoms with Crippen LogP contribution in [0.5, 0.6) is 0 Å². The van der Waals surface area contributed by atoms with Crippen molar-refractivity contribution >= 4 is 29.1 Å². The maximum Gasteiger partial charge on any atom is 0.325 e. The Morgan fingerprint density at radius 1 is 1.19 bits per heavy atom. The van der Waals surface area contributed by atoms with Crippen molar-refractivity contribution in [1.82, 2.24) is 10.2 Å². The predicted molar refractivity (Wildman–Crippen MR) is 106 cm³/mol. The monoisotopic (exact) mass is 384 g/mol. The number of Topliss-reactive ketones (excluding diaryl/α,β-unsaturated/α-hetero) is 1. The molecule has 6 heteroatoms. The van der Waals surface area contributed by atoms with E-state index in [4.69, 9.17) is 0 Å². The summed E-state index contributed by atoms with van der Waals surface area (Å²) >= 11 is 1.53. The van der Waals surface area contributed by atoms with Crippen molar-refractivity contribution in [2.24, 2.45) is 0 Å². The van der Waals surface area contributed by atoms with E-state index >= 15 is 0 Å². The van der Waals surface area contributed by atoms with Crippen LogP contribution in [0.25, 0.3) is 0 Å². The van der Waals surface area contributed by atoms with E-state index in [9.17, 15) is 14.4 Å². The van der Waals surface area contributed by atoms with Gasteiger partial charge in [-0.2, -0.15) is 0 Å². The molecule has 0 spiro atoms. The summed E-state index contributed by atoms with van der Waals surface area (Å²) in [7, 11) is 0. The first kappa shape index (κ1) is 19.3. The third-order valence-corrected chi connectivity index (χ3v) is 6.04. The summed E-state index contributed by atoms with van der Waals surface area (Å²) in [4.78, 5) is 41.0. The summed E-state index contributed by atoms with van der Waals surface area (Å²) in [6.45, 7) is 9.43. The molecule has 1 fully saturated rings. The number of urea groups is 1. The summed E-state index contributed by atoms with van der Waals surface area (Å²) in [6, 6.07) is 8.95. The molecule has 3 amide bonds. The molecule has 0 saturated carbocycles. The van der Waals surface area contributed by atoms with Crippen LogP contribution in [-0.2, 0) is 10.3 Å². The van der Waals surface area contributed by atoms with Crippen molar-refractivity contribution in [2.45, 2.75) is 46.1 Å². The molecule has 1 aliphatic heterocycles. The molecule has 1 aromatic carbocycles. The van der Waals surface area contributed by atoms with Crippen LogP contribution < -0.4 is 5.32 Å². The van der Waals surface area contributed by atoms with Crippen molar-refractivity contribution in [3.05, 3.63) is 56.8 Å². The zero-order valence-corrected chi connectivity index (χ0v) is 17.1. The molecule has 1 aromatic heterocycles. The minimum Gasteiger partial charge on any atom is -0.319 e. The zero-order chi connectivity index (χ0) is 19.9. The average molecular weight is 385 g/mol. The number of hydrogen-bond acceptors (Lipinski definition) is 4. The van der Waals surface area contributed by atoms with Crippen molar-refractivity contribution in [3.8, 4) is 0 Å². The van der Waals surface area contributed by atoms with Crippen LogP contribution >= 0.6 is 11.3 Å². The summed E-state index contributed by atoms with van der Waals surface area (Å²) in [5, 5.41) is 2.76. The quantitative estimate of drug-likeness (QED) is 0.622. The van der Waals surface area contributed by atoms with Crippen LogP contribution in [-0.4, -0.2) is 29.2 Å². The SMILES string of the molecule is Cc1cc(C(=O)CN2C(=O)NC(C)(c3ccc(C(C)C)cc3)C2=O)c(C)s1. The van der Waals surface area contributed by atoms with Crippen LogP contribution in [0, 0.1) is 13.8 Å². The third-order valence-electron chi connectivity index (χ3n) is 5.07. The summed E-state index contributed by atoms with van der Waals surface area (Å²) in [5.74, 6) is -0.241. The molecule has 1 saturated heterocycles. The Hall–Kier alpha value is -2.47. The molecule has 1 atom stereocenters. The number of carbonyl (C=O) groups excluding carboxylic acids is 3. The first-order valence-electron chi connectivity index (χ1n) is 8.98. The molecule has 2 heterocycles. The van der Waals surface area contributed by atoms with Gasteiger partial charge in [-0.1, -0.05) is 38.1 Å². The topological polar surface area (TPSA) is 66.5 Å². The van der Waals surface area contributed by atoms with Gasteiger partial charge in [0, 0.05) is 15.3 Å². The second-order valence-corrected chi connectivity index (χ2v) is 8.93. The highest BCUT2D eigenvalue weighted by molar-refractivity contribution is 7.12. The van der Waals surface area contributed by atoms with E-state index in [0.29, 0.717) is 17.0 Å². The minimum absolute atomic E-state index is 0.222. The lowest BCUT2D eigenvalue weighted by molar-refractivity contribution is -0.130. The second kappa shape index (κ2) is 6.93. The average Bonchev–Trinajstić information content (AvgIpc) is 3.06. The van der Waals surface area contributed by atoms with Gasteiger partial charge in [0.15, 0.2) is 5.78 Å². The number of ketones is 1. The Morgan fingerprint density at radius 2 is 1.81 bits per heavy atom. The van der Waals surface area contributed by atoms with E-state index in [0.717, 1.165) is 20.2 Å². The van der Waals surface area contributed by atoms with Gasteiger partial charge < -0.3 is 5.32 Å². The fraction of sp³-hybridized carbons (Fsp3) is 0.381. The predicted octanol–water partition coefficient (Wildman–Crippen LogP) is 4.14. The number of aryl methyl sites for hydroxylation is 2. The van der Waals surface area contributed by atoms with Gasteiger partial charge in [0.1, 0.15) is 5.54 Å². The van der Waals surface area contributed by atoms with Gasteiger partial charge in [0.25, 0.3) is 5.91 Å². The van der Waals surface area contributed by atoms with Crippen LogP contribution in [0.15, 0.2) is 30.3 Å². The van der Waals surface area contributed by atoms with E-state index in [2.05, 4.69) is 19.2 Å². The first-order chi connectivity index (χ1) is 12.6. The largest absolute Gasteiger partial charge is 0.325 e. The molecular formula is C21H24N2O3S. The summed E-state index contributed by atoms with van der Waals surface area (Å²) < 4.78 is 0. The number of amides is 3. The van der Waals surface area contributed by atoms with Crippen molar-refractivity contribution in [1.29, 1.82) is 0 Å². The lowest BCUT2D eigenvalue weighted by Gasteiger charge is -2.22. The molecule has 0 bridgehead atoms. The Kier molecular flexibility index (Phi) is 4.95. The zero-order valence-electron chi connectivity index (χ0n) is 16.3. The molecule has 0 radical (unpaired) electrons. The number of nitrogens with one attached hydrogen (secondary N) is 1. The highest BCUT2D eigenvalue weighted by atomic mass is 32.1. The lowest BCUT2D eigenvalue weighted by Crippen LogP contribution is -2.41. The Bertz CT molecular complexity index is 914. The molecule has 1 unspecified atom stereocenters. The van der Waals surface area contributed by atoms with Crippen LogP contribution in [0.1, 0.15) is 57.9 Å². The molecule has 1 N–H and O–H groups in total. The fourth-order valence-corrected chi connectivity index (χ4v) is 4.32. The van der Waals surface area contributed by atoms with Gasteiger partial charge in [-0.3, -0.25) is 14.5 Å². The molecular weight excluding hydrogens is 360 g/mol. The van der Waals surface area contributed by atoms with Crippen LogP contribution in [0.2, 0.25) is 0 Å². The Balaban J connectivity index is 1.83. The van der Waals surface area contributed by atoms with E-state index in [1.54, 1.807) is 6.92 Å². The van der Waals surface area contributed by atoms with Gasteiger partial charge in [0.05, 0.1) is 6.54 Å². The van der Waals surface area contributed by atoms with Gasteiger partial charge in [-0.25, -0.2) is 4.79 Å². The molecule has 5 nitrogen and oxygen atoms in total. The highest BCUT2D eigenvalue weighted by Crippen LogP contribution is 2.30. The van der Waals surface area contributed by atoms with E-state index in [1.807, 2.05) is 44.2 Å². The second-order valence-electron chi connectivity index (χ2n) is 7.47. The molecule has 0 aliphatic carbocycles. The number of hydrogen-bond donors (Lipinski definition) is 1. The number of rotatable bonds is 5. The Labute approximate surface area is 163 Å². The minimum atomic E-state index is -1.16. The van der Waals surface area contributed by atoms with E-state index in [-0.39, 0.29) is 12.3 Å². The normalized spacial score (nSPS) is 19.7. The lowest BCUT2D eigenvalue weighted by atomic mass is 9.90. The molecule has 2 aromatic rings. The summed E-state index contributed by atoms with van der Waals surface area (Å²) in [6.07, 6.45) is 0. The van der Waals surface area contributed by atoms with E-state index in [1.165, 1.54) is 11.3 Å². The van der Waals surface area contributed by atoms with Crippen LogP contribution in [0.4, 0.5) is 4.79 Å². The number of nitrogens with zero attached hydrogens (tertiary/aromatic N) is 1. The van der Waals surface area contributed by atoms with Gasteiger partial charge in [-0.05, 0) is 43.9 Å². The number of carbonyl (C=O) groups is 3. The number of imide groups is 1. The summed E-state index contributed by atoms with van der Waals surface area (Å²) in [5.41, 5.74) is 1.29. The Morgan fingerprint density at radius 3 is 2.33 bits per heavy atom. The first-order valence-corrected chi connectivity index (χ1v) is 9.80. The standard InChI is InChI=1S/C21H24N2O3S/c1-12(2)15-6-8-16(9-7-15)21(5)19(25)23(20(26)22-21)11-18(24)17-10-13(3)27-14(17)4/h6-10,12H,11H2,1-5H3,(H,22,26). The molecule has 142 valence electrons. The van der Waals surface area contributed by atoms with Crippen LogP contribution in [0.3, 0.4) is 0 Å².